The molecule has 3 rings (SSSR count). The average Bonchev–Trinajstić information content (AvgIpc) is 2.63. The number of benzene rings is 2. The minimum atomic E-state index is -1.74. The molecule has 1 aliphatic heterocycles. The minimum absolute atomic E-state index is 0.330. The Hall–Kier alpha value is -2.45. The zero-order chi connectivity index (χ0) is 18.0. The van der Waals surface area contributed by atoms with Gasteiger partial charge < -0.3 is 29.9 Å². The molecule has 0 amide bonds. The molecule has 2 aromatic carbocycles. The van der Waals surface area contributed by atoms with Crippen LogP contribution in [0.4, 0.5) is 0 Å². The topological polar surface area (TPSA) is 116 Å². The summed E-state index contributed by atoms with van der Waals surface area (Å²) < 4.78 is 10.5. The van der Waals surface area contributed by atoms with E-state index in [1.165, 1.54) is 0 Å². The first-order chi connectivity index (χ1) is 12.0. The number of ether oxygens (including phenoxy) is 2. The van der Waals surface area contributed by atoms with Crippen LogP contribution in [-0.2, 0) is 9.53 Å². The molecule has 0 bridgehead atoms. The normalized spacial score (nSPS) is 29.2. The zero-order valence-electron chi connectivity index (χ0n) is 13.1. The predicted octanol–water partition coefficient (Wildman–Crippen LogP) is 0.625. The molecule has 5 unspecified atom stereocenters. The lowest BCUT2D eigenvalue weighted by atomic mass is 9.99. The molecule has 7 nitrogen and oxygen atoms in total. The molecular weight excluding hydrogens is 328 g/mol. The van der Waals surface area contributed by atoms with Crippen molar-refractivity contribution >= 4 is 5.97 Å². The molecule has 4 N–H and O–H groups in total. The molecule has 5 atom stereocenters. The fourth-order valence-corrected chi connectivity index (χ4v) is 2.64. The summed E-state index contributed by atoms with van der Waals surface area (Å²) in [5, 5.41) is 38.4. The van der Waals surface area contributed by atoms with Gasteiger partial charge in [-0.1, -0.05) is 42.5 Å². The largest absolute Gasteiger partial charge is 0.479 e. The highest BCUT2D eigenvalue weighted by Crippen LogP contribution is 2.26. The molecule has 0 saturated carbocycles. The maximum absolute atomic E-state index is 11.1. The Morgan fingerprint density at radius 1 is 0.840 bits per heavy atom. The summed E-state index contributed by atoms with van der Waals surface area (Å²) in [5.41, 5.74) is 1.98. The molecule has 1 fully saturated rings. The summed E-state index contributed by atoms with van der Waals surface area (Å²) in [7, 11) is 0. The van der Waals surface area contributed by atoms with Gasteiger partial charge in [0.1, 0.15) is 24.1 Å². The van der Waals surface area contributed by atoms with Gasteiger partial charge in [0.25, 0.3) is 0 Å². The number of hydrogen-bond donors (Lipinski definition) is 4. The van der Waals surface area contributed by atoms with E-state index in [1.54, 1.807) is 24.3 Å². The monoisotopic (exact) mass is 346 g/mol. The van der Waals surface area contributed by atoms with Crippen LogP contribution in [0, 0.1) is 0 Å². The van der Waals surface area contributed by atoms with E-state index in [9.17, 15) is 20.1 Å². The van der Waals surface area contributed by atoms with E-state index in [4.69, 9.17) is 14.6 Å². The molecule has 0 aromatic heterocycles. The van der Waals surface area contributed by atoms with Gasteiger partial charge in [0.15, 0.2) is 6.10 Å². The standard InChI is InChI=1S/C18H18O7/c19-13-14(20)16(17(22)23)25-18(15(13)21)24-12-8-6-11(7-9-12)10-4-2-1-3-5-10/h1-9,13-16,18-21H,(H,22,23). The lowest BCUT2D eigenvalue weighted by molar-refractivity contribution is -0.271. The highest BCUT2D eigenvalue weighted by atomic mass is 16.7. The van der Waals surface area contributed by atoms with E-state index in [0.717, 1.165) is 11.1 Å². The number of hydrogen-bond acceptors (Lipinski definition) is 6. The first-order valence-electron chi connectivity index (χ1n) is 7.72. The maximum Gasteiger partial charge on any atom is 0.335 e. The van der Waals surface area contributed by atoms with Gasteiger partial charge in [-0.15, -0.1) is 0 Å². The van der Waals surface area contributed by atoms with E-state index in [2.05, 4.69) is 0 Å². The molecule has 0 radical (unpaired) electrons. The second-order valence-corrected chi connectivity index (χ2v) is 5.74. The molecule has 25 heavy (non-hydrogen) atoms. The van der Waals surface area contributed by atoms with E-state index in [1.807, 2.05) is 30.3 Å². The van der Waals surface area contributed by atoms with Crippen molar-refractivity contribution in [2.45, 2.75) is 30.7 Å². The van der Waals surface area contributed by atoms with Crippen molar-refractivity contribution in [2.24, 2.45) is 0 Å². The first-order valence-corrected chi connectivity index (χ1v) is 7.72. The Morgan fingerprint density at radius 2 is 1.44 bits per heavy atom. The number of aliphatic hydroxyl groups excluding tert-OH is 3. The number of carboxylic acids is 1. The van der Waals surface area contributed by atoms with Crippen LogP contribution in [0.15, 0.2) is 54.6 Å². The Morgan fingerprint density at radius 3 is 2.04 bits per heavy atom. The molecule has 1 heterocycles. The number of rotatable bonds is 4. The third kappa shape index (κ3) is 3.64. The molecule has 1 aliphatic rings. The summed E-state index contributed by atoms with van der Waals surface area (Å²) >= 11 is 0. The Balaban J connectivity index is 1.74. The van der Waals surface area contributed by atoms with Crippen molar-refractivity contribution in [3.05, 3.63) is 54.6 Å². The second-order valence-electron chi connectivity index (χ2n) is 5.74. The summed E-state index contributed by atoms with van der Waals surface area (Å²) in [6, 6.07) is 16.6. The van der Waals surface area contributed by atoms with Crippen LogP contribution in [0.5, 0.6) is 5.75 Å². The molecule has 132 valence electrons. The molecule has 7 heteroatoms. The van der Waals surface area contributed by atoms with Crippen molar-refractivity contribution in [1.29, 1.82) is 0 Å². The molecule has 2 aromatic rings. The fraction of sp³-hybridized carbons (Fsp3) is 0.278. The van der Waals surface area contributed by atoms with Gasteiger partial charge in [-0.3, -0.25) is 0 Å². The predicted molar refractivity (Wildman–Crippen MR) is 86.8 cm³/mol. The van der Waals surface area contributed by atoms with Crippen LogP contribution in [0.1, 0.15) is 0 Å². The van der Waals surface area contributed by atoms with Crippen LogP contribution in [0.2, 0.25) is 0 Å². The number of carboxylic acid groups (broad SMARTS) is 1. The minimum Gasteiger partial charge on any atom is -0.479 e. The molecular formula is C18H18O7. The van der Waals surface area contributed by atoms with Gasteiger partial charge in [0.2, 0.25) is 6.29 Å². The summed E-state index contributed by atoms with van der Waals surface area (Å²) in [6.07, 6.45) is -8.12. The zero-order valence-corrected chi connectivity index (χ0v) is 13.1. The summed E-state index contributed by atoms with van der Waals surface area (Å²) in [4.78, 5) is 11.1. The highest BCUT2D eigenvalue weighted by Gasteiger charge is 2.48. The molecule has 1 saturated heterocycles. The second kappa shape index (κ2) is 7.20. The van der Waals surface area contributed by atoms with E-state index in [0.29, 0.717) is 5.75 Å². The van der Waals surface area contributed by atoms with Crippen molar-refractivity contribution in [3.63, 3.8) is 0 Å². The number of aliphatic hydroxyl groups is 3. The fourth-order valence-electron chi connectivity index (χ4n) is 2.64. The summed E-state index contributed by atoms with van der Waals surface area (Å²) in [5.74, 6) is -1.12. The average molecular weight is 346 g/mol. The van der Waals surface area contributed by atoms with Crippen LogP contribution in [-0.4, -0.2) is 57.1 Å². The highest BCUT2D eigenvalue weighted by molar-refractivity contribution is 5.73. The first kappa shape index (κ1) is 17.4. The number of carbonyl (C=O) groups is 1. The van der Waals surface area contributed by atoms with Crippen LogP contribution in [0.25, 0.3) is 11.1 Å². The maximum atomic E-state index is 11.1. The SMILES string of the molecule is O=C(O)C1OC(Oc2ccc(-c3ccccc3)cc2)C(O)C(O)C1O. The summed E-state index contributed by atoms with van der Waals surface area (Å²) in [6.45, 7) is 0. The number of aliphatic carboxylic acids is 1. The van der Waals surface area contributed by atoms with Gasteiger partial charge >= 0.3 is 5.97 Å². The van der Waals surface area contributed by atoms with Crippen molar-refractivity contribution in [3.8, 4) is 16.9 Å². The van der Waals surface area contributed by atoms with Crippen molar-refractivity contribution in [2.75, 3.05) is 0 Å². The van der Waals surface area contributed by atoms with Gasteiger partial charge in [0.05, 0.1) is 0 Å². The van der Waals surface area contributed by atoms with Crippen molar-refractivity contribution < 1.29 is 34.7 Å². The van der Waals surface area contributed by atoms with Gasteiger partial charge in [-0.2, -0.15) is 0 Å². The third-order valence-corrected chi connectivity index (χ3v) is 4.03. The molecule has 0 aliphatic carbocycles. The van der Waals surface area contributed by atoms with E-state index < -0.39 is 36.7 Å². The van der Waals surface area contributed by atoms with Crippen LogP contribution in [0.3, 0.4) is 0 Å². The quantitative estimate of drug-likeness (QED) is 0.641. The van der Waals surface area contributed by atoms with Gasteiger partial charge in [-0.25, -0.2) is 4.79 Å². The van der Waals surface area contributed by atoms with E-state index >= 15 is 0 Å². The smallest absolute Gasteiger partial charge is 0.335 e. The lowest BCUT2D eigenvalue weighted by Gasteiger charge is -2.38. The third-order valence-electron chi connectivity index (χ3n) is 4.03. The molecule has 0 spiro atoms. The lowest BCUT2D eigenvalue weighted by Crippen LogP contribution is -2.61. The van der Waals surface area contributed by atoms with Crippen LogP contribution >= 0.6 is 0 Å². The Kier molecular flexibility index (Phi) is 5.00. The van der Waals surface area contributed by atoms with Gasteiger partial charge in [-0.05, 0) is 23.3 Å². The van der Waals surface area contributed by atoms with Crippen LogP contribution < -0.4 is 4.74 Å². The van der Waals surface area contributed by atoms with Gasteiger partial charge in [0, 0.05) is 0 Å². The Labute approximate surface area is 143 Å². The van der Waals surface area contributed by atoms with Crippen molar-refractivity contribution in [1.82, 2.24) is 0 Å². The van der Waals surface area contributed by atoms with E-state index in [-0.39, 0.29) is 0 Å². The Bertz CT molecular complexity index is 716.